The van der Waals surface area contributed by atoms with Gasteiger partial charge < -0.3 is 10.2 Å². The molecule has 0 aromatic heterocycles. The zero-order chi connectivity index (χ0) is 13.4. The summed E-state index contributed by atoms with van der Waals surface area (Å²) in [7, 11) is 3.92. The van der Waals surface area contributed by atoms with Crippen molar-refractivity contribution in [2.45, 2.75) is 33.2 Å². The molecule has 0 amide bonds. The summed E-state index contributed by atoms with van der Waals surface area (Å²) in [6.45, 7) is 6.18. The van der Waals surface area contributed by atoms with E-state index in [0.29, 0.717) is 0 Å². The zero-order valence-electron chi connectivity index (χ0n) is 12.4. The lowest BCUT2D eigenvalue weighted by Gasteiger charge is -2.21. The smallest absolute Gasteiger partial charge is 0.193 e. The number of rotatable bonds is 5. The molecule has 0 bridgehead atoms. The van der Waals surface area contributed by atoms with Crippen LogP contribution >= 0.6 is 24.0 Å². The second-order valence-electron chi connectivity index (χ2n) is 4.66. The van der Waals surface area contributed by atoms with Gasteiger partial charge in [0.15, 0.2) is 5.96 Å². The Kier molecular flexibility index (Phi) is 9.65. The molecule has 3 nitrogen and oxygen atoms in total. The summed E-state index contributed by atoms with van der Waals surface area (Å²) in [5.74, 6) is 0.962. The Balaban J connectivity index is 0.00000324. The Hall–Kier alpha value is -0.780. The molecule has 1 aromatic rings. The summed E-state index contributed by atoms with van der Waals surface area (Å²) in [6.07, 6.45) is 2.40. The number of aryl methyl sites for hydroxylation is 1. The van der Waals surface area contributed by atoms with E-state index in [1.165, 1.54) is 24.0 Å². The van der Waals surface area contributed by atoms with Gasteiger partial charge in [-0.1, -0.05) is 43.2 Å². The van der Waals surface area contributed by atoms with Crippen molar-refractivity contribution in [3.63, 3.8) is 0 Å². The van der Waals surface area contributed by atoms with Crippen LogP contribution in [0.4, 0.5) is 0 Å². The number of hydrogen-bond acceptors (Lipinski definition) is 1. The van der Waals surface area contributed by atoms with E-state index in [2.05, 4.69) is 60.4 Å². The summed E-state index contributed by atoms with van der Waals surface area (Å²) in [6, 6.07) is 8.59. The first kappa shape index (κ1) is 18.2. The van der Waals surface area contributed by atoms with E-state index in [4.69, 9.17) is 0 Å². The number of nitrogens with one attached hydrogen (secondary N) is 1. The monoisotopic (exact) mass is 375 g/mol. The largest absolute Gasteiger partial charge is 0.352 e. The van der Waals surface area contributed by atoms with Crippen LogP contribution in [0.1, 0.15) is 30.9 Å². The predicted octanol–water partition coefficient (Wildman–Crippen LogP) is 3.42. The maximum Gasteiger partial charge on any atom is 0.193 e. The van der Waals surface area contributed by atoms with Crippen LogP contribution < -0.4 is 5.32 Å². The summed E-state index contributed by atoms with van der Waals surface area (Å²) in [5.41, 5.74) is 2.58. The Morgan fingerprint density at radius 2 is 1.89 bits per heavy atom. The minimum atomic E-state index is 0. The second kappa shape index (κ2) is 10.1. The number of guanidine groups is 1. The van der Waals surface area contributed by atoms with E-state index in [-0.39, 0.29) is 24.0 Å². The van der Waals surface area contributed by atoms with Crippen molar-refractivity contribution in [2.24, 2.45) is 4.99 Å². The van der Waals surface area contributed by atoms with Gasteiger partial charge >= 0.3 is 0 Å². The van der Waals surface area contributed by atoms with Gasteiger partial charge in [-0.05, 0) is 18.9 Å². The van der Waals surface area contributed by atoms with Crippen molar-refractivity contribution < 1.29 is 0 Å². The molecule has 0 radical (unpaired) electrons. The minimum absolute atomic E-state index is 0. The first-order valence-electron chi connectivity index (χ1n) is 6.64. The van der Waals surface area contributed by atoms with E-state index < -0.39 is 0 Å². The third kappa shape index (κ3) is 6.80. The van der Waals surface area contributed by atoms with Crippen LogP contribution in [-0.4, -0.2) is 31.5 Å². The molecule has 0 saturated carbocycles. The van der Waals surface area contributed by atoms with Crippen LogP contribution in [0.25, 0.3) is 0 Å². The SMILES string of the molecule is CCCCN(C)C(=NC)NCc1ccc(C)cc1.I. The van der Waals surface area contributed by atoms with Crippen LogP contribution in [0.15, 0.2) is 29.3 Å². The molecule has 0 fully saturated rings. The van der Waals surface area contributed by atoms with Crippen LogP contribution in [0.3, 0.4) is 0 Å². The molecule has 0 spiro atoms. The molecular formula is C15H26IN3. The van der Waals surface area contributed by atoms with Crippen LogP contribution in [0.5, 0.6) is 0 Å². The van der Waals surface area contributed by atoms with Gasteiger partial charge in [0.25, 0.3) is 0 Å². The third-order valence-electron chi connectivity index (χ3n) is 2.99. The number of nitrogens with zero attached hydrogens (tertiary/aromatic N) is 2. The Bertz CT molecular complexity index is 373. The quantitative estimate of drug-likeness (QED) is 0.485. The second-order valence-corrected chi connectivity index (χ2v) is 4.66. The van der Waals surface area contributed by atoms with E-state index in [9.17, 15) is 0 Å². The lowest BCUT2D eigenvalue weighted by molar-refractivity contribution is 0.464. The summed E-state index contributed by atoms with van der Waals surface area (Å²) < 4.78 is 0. The van der Waals surface area contributed by atoms with Gasteiger partial charge in [0, 0.05) is 27.2 Å². The van der Waals surface area contributed by atoms with E-state index in [1.54, 1.807) is 0 Å². The average molecular weight is 375 g/mol. The average Bonchev–Trinajstić information content (AvgIpc) is 2.39. The van der Waals surface area contributed by atoms with Crippen molar-refractivity contribution >= 4 is 29.9 Å². The maximum atomic E-state index is 4.30. The molecule has 4 heteroatoms. The molecule has 0 aliphatic heterocycles. The molecular weight excluding hydrogens is 349 g/mol. The first-order valence-corrected chi connectivity index (χ1v) is 6.64. The highest BCUT2D eigenvalue weighted by atomic mass is 127. The fourth-order valence-corrected chi connectivity index (χ4v) is 1.77. The van der Waals surface area contributed by atoms with Crippen molar-refractivity contribution in [3.05, 3.63) is 35.4 Å². The number of unbranched alkanes of at least 4 members (excludes halogenated alkanes) is 1. The molecule has 0 aliphatic rings. The molecule has 1 aromatic carbocycles. The summed E-state index contributed by atoms with van der Waals surface area (Å²) >= 11 is 0. The number of halogens is 1. The molecule has 1 N–H and O–H groups in total. The molecule has 0 saturated heterocycles. The maximum absolute atomic E-state index is 4.30. The van der Waals surface area contributed by atoms with Gasteiger partial charge in [0.1, 0.15) is 0 Å². The number of aliphatic imine (C=N–C) groups is 1. The fraction of sp³-hybridized carbons (Fsp3) is 0.533. The Morgan fingerprint density at radius 1 is 1.26 bits per heavy atom. The van der Waals surface area contributed by atoms with Gasteiger partial charge in [-0.15, -0.1) is 24.0 Å². The van der Waals surface area contributed by atoms with Crippen molar-refractivity contribution in [1.29, 1.82) is 0 Å². The van der Waals surface area contributed by atoms with Crippen LogP contribution in [0, 0.1) is 6.92 Å². The molecule has 108 valence electrons. The highest BCUT2D eigenvalue weighted by Crippen LogP contribution is 2.03. The zero-order valence-corrected chi connectivity index (χ0v) is 14.8. The lowest BCUT2D eigenvalue weighted by atomic mass is 10.1. The van der Waals surface area contributed by atoms with E-state index in [0.717, 1.165) is 19.0 Å². The minimum Gasteiger partial charge on any atom is -0.352 e. The van der Waals surface area contributed by atoms with E-state index >= 15 is 0 Å². The van der Waals surface area contributed by atoms with Crippen molar-refractivity contribution in [2.75, 3.05) is 20.6 Å². The van der Waals surface area contributed by atoms with E-state index in [1.807, 2.05) is 7.05 Å². The lowest BCUT2D eigenvalue weighted by Crippen LogP contribution is -2.38. The standard InChI is InChI=1S/C15H25N3.HI/c1-5-6-11-18(4)15(16-3)17-12-14-9-7-13(2)8-10-14;/h7-10H,5-6,11-12H2,1-4H3,(H,16,17);1H. The predicted molar refractivity (Wildman–Crippen MR) is 94.3 cm³/mol. The number of hydrogen-bond donors (Lipinski definition) is 1. The van der Waals surface area contributed by atoms with Gasteiger partial charge in [0.2, 0.25) is 0 Å². The highest BCUT2D eigenvalue weighted by Gasteiger charge is 2.04. The molecule has 0 heterocycles. The Morgan fingerprint density at radius 3 is 2.42 bits per heavy atom. The molecule has 0 atom stereocenters. The third-order valence-corrected chi connectivity index (χ3v) is 2.99. The molecule has 19 heavy (non-hydrogen) atoms. The molecule has 1 rings (SSSR count). The molecule has 0 unspecified atom stereocenters. The topological polar surface area (TPSA) is 27.6 Å². The van der Waals surface area contributed by atoms with Crippen LogP contribution in [-0.2, 0) is 6.54 Å². The van der Waals surface area contributed by atoms with Gasteiger partial charge in [0.05, 0.1) is 0 Å². The summed E-state index contributed by atoms with van der Waals surface area (Å²) in [5, 5.41) is 3.39. The van der Waals surface area contributed by atoms with Crippen molar-refractivity contribution in [1.82, 2.24) is 10.2 Å². The van der Waals surface area contributed by atoms with Crippen molar-refractivity contribution in [3.8, 4) is 0 Å². The fourth-order valence-electron chi connectivity index (χ4n) is 1.77. The first-order chi connectivity index (χ1) is 8.67. The number of benzene rings is 1. The normalized spacial score (nSPS) is 10.8. The Labute approximate surface area is 134 Å². The highest BCUT2D eigenvalue weighted by molar-refractivity contribution is 14.0. The van der Waals surface area contributed by atoms with Gasteiger partial charge in [-0.25, -0.2) is 0 Å². The van der Waals surface area contributed by atoms with Gasteiger partial charge in [-0.2, -0.15) is 0 Å². The summed E-state index contributed by atoms with van der Waals surface area (Å²) in [4.78, 5) is 6.48. The van der Waals surface area contributed by atoms with Gasteiger partial charge in [-0.3, -0.25) is 4.99 Å². The molecule has 0 aliphatic carbocycles. The van der Waals surface area contributed by atoms with Crippen LogP contribution in [0.2, 0.25) is 0 Å².